The van der Waals surface area contributed by atoms with Crippen LogP contribution < -0.4 is 0 Å². The Labute approximate surface area is 209 Å². The minimum absolute atomic E-state index is 0. The van der Waals surface area contributed by atoms with E-state index >= 15 is 0 Å². The molecule has 0 aromatic heterocycles. The number of allylic oxidation sites excluding steroid dienone is 2. The molecule has 0 N–H and O–H groups in total. The van der Waals surface area contributed by atoms with Gasteiger partial charge >= 0.3 is 0 Å². The summed E-state index contributed by atoms with van der Waals surface area (Å²) in [5.74, 6) is 0. The van der Waals surface area contributed by atoms with Crippen molar-refractivity contribution in [3.63, 3.8) is 0 Å². The monoisotopic (exact) mass is 518 g/mol. The second-order valence-electron chi connectivity index (χ2n) is 8.59. The molecule has 32 heavy (non-hydrogen) atoms. The number of aryl methyl sites for hydroxylation is 4. The van der Waals surface area contributed by atoms with Crippen LogP contribution in [0.4, 0.5) is 11.4 Å². The molecule has 1 saturated carbocycles. The molecule has 1 fully saturated rings. The smallest absolute Gasteiger partial charge is 0.0691 e. The Morgan fingerprint density at radius 1 is 0.750 bits per heavy atom. The van der Waals surface area contributed by atoms with E-state index in [4.69, 9.17) is 10.3 Å². The molecule has 0 unspecified atom stereocenters. The SMILES string of the molecule is CC(/C=C(/C)[N-]c1c(C)cccc1C)=Nc1c(C)cccc1C.[CH]1[CH]CCCCCC1.[Rh]. The zero-order valence-corrected chi connectivity index (χ0v) is 22.3. The van der Waals surface area contributed by atoms with Gasteiger partial charge in [0, 0.05) is 25.2 Å². The Kier molecular flexibility index (Phi) is 13.4. The van der Waals surface area contributed by atoms with Crippen molar-refractivity contribution in [2.45, 2.75) is 80.1 Å². The van der Waals surface area contributed by atoms with E-state index in [-0.39, 0.29) is 19.5 Å². The van der Waals surface area contributed by atoms with E-state index in [0.717, 1.165) is 22.8 Å². The van der Waals surface area contributed by atoms with Crippen molar-refractivity contribution in [1.82, 2.24) is 0 Å². The molecular formula is C29H39N2Rh-. The van der Waals surface area contributed by atoms with Crippen molar-refractivity contribution in [3.8, 4) is 0 Å². The summed E-state index contributed by atoms with van der Waals surface area (Å²) in [7, 11) is 0. The van der Waals surface area contributed by atoms with Gasteiger partial charge in [0.1, 0.15) is 0 Å². The average Bonchev–Trinajstić information content (AvgIpc) is 2.68. The molecule has 1 aliphatic carbocycles. The normalized spacial score (nSPS) is 14.9. The van der Waals surface area contributed by atoms with Gasteiger partial charge in [0.05, 0.1) is 5.69 Å². The maximum absolute atomic E-state index is 4.76. The summed E-state index contributed by atoms with van der Waals surface area (Å²) in [6, 6.07) is 12.5. The third kappa shape index (κ3) is 9.82. The second-order valence-corrected chi connectivity index (χ2v) is 8.59. The zero-order chi connectivity index (χ0) is 22.6. The molecule has 0 amide bonds. The number of benzene rings is 2. The molecule has 0 atom stereocenters. The van der Waals surface area contributed by atoms with Crippen molar-refractivity contribution < 1.29 is 19.5 Å². The summed E-state index contributed by atoms with van der Waals surface area (Å²) < 4.78 is 0. The molecule has 3 radical (unpaired) electrons. The van der Waals surface area contributed by atoms with E-state index in [1.807, 2.05) is 19.9 Å². The fourth-order valence-corrected chi connectivity index (χ4v) is 3.80. The third-order valence-electron chi connectivity index (χ3n) is 5.53. The van der Waals surface area contributed by atoms with Gasteiger partial charge in [-0.1, -0.05) is 86.2 Å². The number of rotatable bonds is 4. The van der Waals surface area contributed by atoms with Crippen LogP contribution in [0.2, 0.25) is 0 Å². The van der Waals surface area contributed by atoms with Crippen LogP contribution in [0.1, 0.15) is 74.6 Å². The van der Waals surface area contributed by atoms with Crippen LogP contribution in [0.25, 0.3) is 5.32 Å². The van der Waals surface area contributed by atoms with Crippen molar-refractivity contribution >= 4 is 17.1 Å². The van der Waals surface area contributed by atoms with Gasteiger partial charge in [0.25, 0.3) is 0 Å². The molecule has 2 aromatic carbocycles. The zero-order valence-electron chi connectivity index (χ0n) is 20.7. The molecule has 3 rings (SSSR count). The van der Waals surface area contributed by atoms with Gasteiger partial charge in [-0.05, 0) is 71.4 Å². The van der Waals surface area contributed by atoms with Crippen molar-refractivity contribution in [1.29, 1.82) is 0 Å². The van der Waals surface area contributed by atoms with Crippen LogP contribution >= 0.6 is 0 Å². The first-order valence-corrected chi connectivity index (χ1v) is 11.6. The number of hydrogen-bond acceptors (Lipinski definition) is 1. The molecule has 2 nitrogen and oxygen atoms in total. The first-order chi connectivity index (χ1) is 14.9. The predicted molar refractivity (Wildman–Crippen MR) is 138 cm³/mol. The number of nitrogens with zero attached hydrogens (tertiary/aromatic N) is 2. The maximum atomic E-state index is 4.76. The Morgan fingerprint density at radius 2 is 1.22 bits per heavy atom. The van der Waals surface area contributed by atoms with Gasteiger partial charge in [0.2, 0.25) is 0 Å². The van der Waals surface area contributed by atoms with Crippen LogP contribution in [0, 0.1) is 40.5 Å². The predicted octanol–water partition coefficient (Wildman–Crippen LogP) is 9.37. The van der Waals surface area contributed by atoms with Gasteiger partial charge in [0.15, 0.2) is 0 Å². The first-order valence-electron chi connectivity index (χ1n) is 11.6. The van der Waals surface area contributed by atoms with Gasteiger partial charge in [-0.3, -0.25) is 4.99 Å². The van der Waals surface area contributed by atoms with Crippen LogP contribution in [0.5, 0.6) is 0 Å². The topological polar surface area (TPSA) is 26.5 Å². The number of aliphatic imine (C=N–C) groups is 1. The Hall–Kier alpha value is -1.73. The Balaban J connectivity index is 0.000000480. The third-order valence-corrected chi connectivity index (χ3v) is 5.53. The van der Waals surface area contributed by atoms with E-state index in [9.17, 15) is 0 Å². The molecule has 1 aliphatic rings. The molecule has 0 bridgehead atoms. The largest absolute Gasteiger partial charge is 0.661 e. The summed E-state index contributed by atoms with van der Waals surface area (Å²) in [5.41, 5.74) is 8.83. The van der Waals surface area contributed by atoms with Crippen molar-refractivity contribution in [3.05, 3.63) is 88.6 Å². The molecule has 3 heteroatoms. The number of para-hydroxylation sites is 2. The molecule has 0 aliphatic heterocycles. The maximum Gasteiger partial charge on any atom is 0.0691 e. The van der Waals surface area contributed by atoms with Crippen molar-refractivity contribution in [2.75, 3.05) is 0 Å². The summed E-state index contributed by atoms with van der Waals surface area (Å²) in [6.07, 6.45) is 15.0. The quantitative estimate of drug-likeness (QED) is 0.285. The summed E-state index contributed by atoms with van der Waals surface area (Å²) >= 11 is 0. The molecule has 2 aromatic rings. The van der Waals surface area contributed by atoms with Gasteiger partial charge in [-0.25, -0.2) is 0 Å². The molecular weight excluding hydrogens is 479 g/mol. The molecule has 0 saturated heterocycles. The number of hydrogen-bond donors (Lipinski definition) is 0. The van der Waals surface area contributed by atoms with Gasteiger partial charge < -0.3 is 5.32 Å². The van der Waals surface area contributed by atoms with E-state index in [1.165, 1.54) is 60.8 Å². The van der Waals surface area contributed by atoms with Crippen LogP contribution in [0.15, 0.2) is 53.2 Å². The molecule has 0 heterocycles. The van der Waals surface area contributed by atoms with Crippen LogP contribution in [-0.2, 0) is 19.5 Å². The van der Waals surface area contributed by atoms with Gasteiger partial charge in [-0.2, -0.15) is 5.70 Å². The van der Waals surface area contributed by atoms with Crippen LogP contribution in [-0.4, -0.2) is 5.71 Å². The summed E-state index contributed by atoms with van der Waals surface area (Å²) in [6.45, 7) is 12.4. The minimum atomic E-state index is 0. The van der Waals surface area contributed by atoms with Crippen molar-refractivity contribution in [2.24, 2.45) is 4.99 Å². The summed E-state index contributed by atoms with van der Waals surface area (Å²) in [5, 5.41) is 4.76. The fraction of sp³-hybridized carbons (Fsp3) is 0.414. The minimum Gasteiger partial charge on any atom is -0.661 e. The molecule has 175 valence electrons. The fourth-order valence-electron chi connectivity index (χ4n) is 3.80. The second kappa shape index (κ2) is 15.2. The molecule has 0 spiro atoms. The van der Waals surface area contributed by atoms with E-state index in [1.54, 1.807) is 0 Å². The van der Waals surface area contributed by atoms with E-state index in [2.05, 4.69) is 76.9 Å². The standard InChI is InChI=1S/C21H25N2.C8H14.Rh/c1-14-9-7-10-15(2)20(14)22-18(5)13-19(6)23-21-16(3)11-8-12-17(21)4;1-2-4-6-8-7-5-3-1;/h7-13H,1-6H3;1-2H,3-8H2;/q-1;;/b18-13-,23-19?;;. The Bertz CT molecular complexity index is 832. The van der Waals surface area contributed by atoms with Crippen LogP contribution in [0.3, 0.4) is 0 Å². The van der Waals surface area contributed by atoms with E-state index in [0.29, 0.717) is 0 Å². The Morgan fingerprint density at radius 3 is 1.72 bits per heavy atom. The first kappa shape index (κ1) is 28.3. The van der Waals surface area contributed by atoms with Gasteiger partial charge in [-0.15, -0.1) is 5.69 Å². The summed E-state index contributed by atoms with van der Waals surface area (Å²) in [4.78, 5) is 4.76. The average molecular weight is 519 g/mol. The van der Waals surface area contributed by atoms with E-state index < -0.39 is 0 Å².